The highest BCUT2D eigenvalue weighted by atomic mass is 16.3. The third-order valence-corrected chi connectivity index (χ3v) is 3.40. The normalized spacial score (nSPS) is 17.1. The first-order valence-electron chi connectivity index (χ1n) is 6.38. The van der Waals surface area contributed by atoms with Gasteiger partial charge in [0.05, 0.1) is 13.2 Å². The van der Waals surface area contributed by atoms with Gasteiger partial charge in [0.2, 0.25) is 0 Å². The van der Waals surface area contributed by atoms with Crippen molar-refractivity contribution >= 4 is 0 Å². The van der Waals surface area contributed by atoms with Crippen LogP contribution in [0.15, 0.2) is 18.2 Å². The Morgan fingerprint density at radius 3 is 2.47 bits per heavy atom. The lowest BCUT2D eigenvalue weighted by Gasteiger charge is -2.18. The molecule has 1 fully saturated rings. The van der Waals surface area contributed by atoms with Crippen molar-refractivity contribution in [1.82, 2.24) is 5.32 Å². The van der Waals surface area contributed by atoms with E-state index in [9.17, 15) is 5.11 Å². The molecule has 1 aromatic rings. The molecule has 0 spiro atoms. The summed E-state index contributed by atoms with van der Waals surface area (Å²) >= 11 is 0. The van der Waals surface area contributed by atoms with Crippen molar-refractivity contribution in [3.05, 3.63) is 34.9 Å². The summed E-state index contributed by atoms with van der Waals surface area (Å²) in [5, 5.41) is 22.1. The van der Waals surface area contributed by atoms with Gasteiger partial charge in [-0.3, -0.25) is 0 Å². The molecular weight excluding hydrogens is 214 g/mol. The van der Waals surface area contributed by atoms with Gasteiger partial charge in [-0.15, -0.1) is 0 Å². The van der Waals surface area contributed by atoms with Gasteiger partial charge in [0.25, 0.3) is 0 Å². The number of rotatable bonds is 6. The summed E-state index contributed by atoms with van der Waals surface area (Å²) in [6.45, 7) is 2.14. The molecule has 94 valence electrons. The predicted octanol–water partition coefficient (Wildman–Crippen LogP) is 1.87. The summed E-state index contributed by atoms with van der Waals surface area (Å²) in [5.74, 6) is 0. The Kier molecular flexibility index (Phi) is 4.15. The molecule has 3 nitrogen and oxygen atoms in total. The lowest BCUT2D eigenvalue weighted by molar-refractivity contribution is 0.259. The van der Waals surface area contributed by atoms with Gasteiger partial charge in [-0.25, -0.2) is 0 Å². The average molecular weight is 235 g/mol. The standard InChI is InChI=1S/C14H21NO2/c1-2-14(15-13-5-6-13)10-3-4-11(8-16)12(7-10)9-17/h3-4,7,13-17H,2,5-6,8-9H2,1H3. The Morgan fingerprint density at radius 2 is 1.94 bits per heavy atom. The van der Waals surface area contributed by atoms with Gasteiger partial charge in [-0.1, -0.05) is 25.1 Å². The highest BCUT2D eigenvalue weighted by Crippen LogP contribution is 2.27. The smallest absolute Gasteiger partial charge is 0.0685 e. The number of aliphatic hydroxyl groups is 2. The maximum Gasteiger partial charge on any atom is 0.0685 e. The molecule has 3 heteroatoms. The number of aliphatic hydroxyl groups excluding tert-OH is 2. The summed E-state index contributed by atoms with van der Waals surface area (Å²) in [7, 11) is 0. The third kappa shape index (κ3) is 3.06. The lowest BCUT2D eigenvalue weighted by Crippen LogP contribution is -2.23. The fourth-order valence-electron chi connectivity index (χ4n) is 2.15. The molecule has 0 aromatic heterocycles. The van der Waals surface area contributed by atoms with E-state index in [0.29, 0.717) is 12.1 Å². The van der Waals surface area contributed by atoms with E-state index < -0.39 is 0 Å². The summed E-state index contributed by atoms with van der Waals surface area (Å²) < 4.78 is 0. The second kappa shape index (κ2) is 5.63. The minimum absolute atomic E-state index is 0.0103. The van der Waals surface area contributed by atoms with E-state index in [4.69, 9.17) is 5.11 Å². The number of hydrogen-bond acceptors (Lipinski definition) is 3. The molecule has 1 atom stereocenters. The Bertz CT molecular complexity index is 374. The third-order valence-electron chi connectivity index (χ3n) is 3.40. The Morgan fingerprint density at radius 1 is 1.24 bits per heavy atom. The fraction of sp³-hybridized carbons (Fsp3) is 0.571. The Labute approximate surface area is 102 Å². The van der Waals surface area contributed by atoms with Crippen LogP contribution in [0.4, 0.5) is 0 Å². The van der Waals surface area contributed by atoms with Crippen LogP contribution in [-0.4, -0.2) is 16.3 Å². The first-order chi connectivity index (χ1) is 8.28. The molecule has 3 N–H and O–H groups in total. The topological polar surface area (TPSA) is 52.5 Å². The van der Waals surface area contributed by atoms with Crippen molar-refractivity contribution in [2.75, 3.05) is 0 Å². The Hall–Kier alpha value is -0.900. The molecule has 2 rings (SSSR count). The van der Waals surface area contributed by atoms with E-state index in [2.05, 4.69) is 12.2 Å². The summed E-state index contributed by atoms with van der Waals surface area (Å²) in [4.78, 5) is 0. The van der Waals surface area contributed by atoms with E-state index in [1.54, 1.807) is 0 Å². The van der Waals surface area contributed by atoms with Crippen molar-refractivity contribution in [2.45, 2.75) is 51.5 Å². The lowest BCUT2D eigenvalue weighted by atomic mass is 9.98. The first kappa shape index (κ1) is 12.6. The van der Waals surface area contributed by atoms with Crippen LogP contribution in [0.2, 0.25) is 0 Å². The highest BCUT2D eigenvalue weighted by Gasteiger charge is 2.24. The van der Waals surface area contributed by atoms with Crippen LogP contribution in [0.1, 0.15) is 48.9 Å². The summed E-state index contributed by atoms with van der Waals surface area (Å²) in [6.07, 6.45) is 3.59. The van der Waals surface area contributed by atoms with E-state index in [0.717, 1.165) is 17.5 Å². The molecule has 0 amide bonds. The van der Waals surface area contributed by atoms with Crippen molar-refractivity contribution in [1.29, 1.82) is 0 Å². The summed E-state index contributed by atoms with van der Waals surface area (Å²) in [6, 6.07) is 7.01. The minimum atomic E-state index is -0.0109. The van der Waals surface area contributed by atoms with Crippen LogP contribution in [0.5, 0.6) is 0 Å². The minimum Gasteiger partial charge on any atom is -0.392 e. The van der Waals surface area contributed by atoms with Crippen molar-refractivity contribution < 1.29 is 10.2 Å². The van der Waals surface area contributed by atoms with Crippen molar-refractivity contribution in [2.24, 2.45) is 0 Å². The quantitative estimate of drug-likeness (QED) is 0.705. The van der Waals surface area contributed by atoms with Crippen molar-refractivity contribution in [3.8, 4) is 0 Å². The maximum absolute atomic E-state index is 9.29. The number of benzene rings is 1. The fourth-order valence-corrected chi connectivity index (χ4v) is 2.15. The van der Waals surface area contributed by atoms with Crippen LogP contribution < -0.4 is 5.32 Å². The Balaban J connectivity index is 2.17. The number of hydrogen-bond donors (Lipinski definition) is 3. The van der Waals surface area contributed by atoms with Gasteiger partial charge in [-0.2, -0.15) is 0 Å². The van der Waals surface area contributed by atoms with Crippen LogP contribution >= 0.6 is 0 Å². The zero-order valence-corrected chi connectivity index (χ0v) is 10.3. The second-order valence-electron chi connectivity index (χ2n) is 4.75. The average Bonchev–Trinajstić information content (AvgIpc) is 3.19. The van der Waals surface area contributed by atoms with Crippen LogP contribution in [0.3, 0.4) is 0 Å². The molecule has 17 heavy (non-hydrogen) atoms. The molecule has 0 bridgehead atoms. The first-order valence-corrected chi connectivity index (χ1v) is 6.38. The number of nitrogens with one attached hydrogen (secondary N) is 1. The van der Waals surface area contributed by atoms with Crippen molar-refractivity contribution in [3.63, 3.8) is 0 Å². The zero-order chi connectivity index (χ0) is 12.3. The van der Waals surface area contributed by atoms with E-state index in [1.165, 1.54) is 18.4 Å². The molecule has 0 heterocycles. The highest BCUT2D eigenvalue weighted by molar-refractivity contribution is 5.33. The molecule has 0 saturated heterocycles. The van der Waals surface area contributed by atoms with Gasteiger partial charge in [0, 0.05) is 12.1 Å². The van der Waals surface area contributed by atoms with Crippen LogP contribution in [0, 0.1) is 0 Å². The monoisotopic (exact) mass is 235 g/mol. The van der Waals surface area contributed by atoms with E-state index in [1.807, 2.05) is 18.2 Å². The molecule has 0 radical (unpaired) electrons. The van der Waals surface area contributed by atoms with Gasteiger partial charge >= 0.3 is 0 Å². The maximum atomic E-state index is 9.29. The SMILES string of the molecule is CCC(NC1CC1)c1ccc(CO)c(CO)c1. The second-order valence-corrected chi connectivity index (χ2v) is 4.75. The van der Waals surface area contributed by atoms with Gasteiger partial charge in [-0.05, 0) is 36.0 Å². The van der Waals surface area contributed by atoms with E-state index >= 15 is 0 Å². The zero-order valence-electron chi connectivity index (χ0n) is 10.3. The predicted molar refractivity (Wildman–Crippen MR) is 67.5 cm³/mol. The van der Waals surface area contributed by atoms with E-state index in [-0.39, 0.29) is 13.2 Å². The molecular formula is C14H21NO2. The van der Waals surface area contributed by atoms with Crippen LogP contribution in [-0.2, 0) is 13.2 Å². The molecule has 0 aliphatic heterocycles. The largest absolute Gasteiger partial charge is 0.392 e. The van der Waals surface area contributed by atoms with Crippen LogP contribution in [0.25, 0.3) is 0 Å². The molecule has 1 aromatic carbocycles. The molecule has 1 unspecified atom stereocenters. The summed E-state index contributed by atoms with van der Waals surface area (Å²) in [5.41, 5.74) is 2.86. The van der Waals surface area contributed by atoms with Gasteiger partial charge < -0.3 is 15.5 Å². The molecule has 1 aliphatic carbocycles. The van der Waals surface area contributed by atoms with Gasteiger partial charge in [0.1, 0.15) is 0 Å². The molecule has 1 aliphatic rings. The molecule has 1 saturated carbocycles. The van der Waals surface area contributed by atoms with Gasteiger partial charge in [0.15, 0.2) is 0 Å².